The number of amides is 1. The molecular formula is C26H32N4O4. The van der Waals surface area contributed by atoms with Crippen molar-refractivity contribution in [1.29, 1.82) is 0 Å². The number of ether oxygens (including phenoxy) is 3. The number of methoxy groups -OCH3 is 3. The molecule has 0 aliphatic carbocycles. The van der Waals surface area contributed by atoms with Gasteiger partial charge in [-0.05, 0) is 56.0 Å². The first-order valence-corrected chi connectivity index (χ1v) is 11.5. The largest absolute Gasteiger partial charge is 0.493 e. The third kappa shape index (κ3) is 4.85. The summed E-state index contributed by atoms with van der Waals surface area (Å²) in [6, 6.07) is 9.93. The number of carbonyl (C=O) groups is 1. The zero-order valence-corrected chi connectivity index (χ0v) is 20.5. The number of piperidine rings is 1. The molecule has 0 bridgehead atoms. The molecule has 1 N–H and O–H groups in total. The van der Waals surface area contributed by atoms with E-state index in [2.05, 4.69) is 35.3 Å². The van der Waals surface area contributed by atoms with Crippen molar-refractivity contribution in [3.8, 4) is 17.2 Å². The van der Waals surface area contributed by atoms with Crippen LogP contribution in [0.1, 0.15) is 29.7 Å². The highest BCUT2D eigenvalue weighted by atomic mass is 16.5. The smallest absolute Gasteiger partial charge is 0.226 e. The van der Waals surface area contributed by atoms with Crippen LogP contribution in [0.15, 0.2) is 30.3 Å². The maximum atomic E-state index is 13.0. The number of nitrogens with zero attached hydrogens (tertiary/aromatic N) is 3. The van der Waals surface area contributed by atoms with Crippen LogP contribution in [0.3, 0.4) is 0 Å². The summed E-state index contributed by atoms with van der Waals surface area (Å²) >= 11 is 0. The Hall–Kier alpha value is -3.55. The lowest BCUT2D eigenvalue weighted by atomic mass is 9.97. The van der Waals surface area contributed by atoms with Crippen LogP contribution in [0.4, 0.5) is 5.95 Å². The second-order valence-corrected chi connectivity index (χ2v) is 8.67. The highest BCUT2D eigenvalue weighted by Crippen LogP contribution is 2.38. The molecule has 8 heteroatoms. The molecule has 1 atom stereocenters. The minimum atomic E-state index is -0.132. The van der Waals surface area contributed by atoms with Gasteiger partial charge >= 0.3 is 0 Å². The molecule has 4 rings (SSSR count). The van der Waals surface area contributed by atoms with Crippen LogP contribution in [0.2, 0.25) is 0 Å². The number of benzene rings is 2. The number of hydrogen-bond acceptors (Lipinski definition) is 7. The Kier molecular flexibility index (Phi) is 7.05. The molecule has 180 valence electrons. The number of nitrogens with one attached hydrogen (secondary N) is 1. The highest BCUT2D eigenvalue weighted by molar-refractivity contribution is 5.83. The second-order valence-electron chi connectivity index (χ2n) is 8.67. The monoisotopic (exact) mass is 464 g/mol. The van der Waals surface area contributed by atoms with Gasteiger partial charge in [-0.25, -0.2) is 9.97 Å². The number of aryl methyl sites for hydroxylation is 2. The van der Waals surface area contributed by atoms with Crippen molar-refractivity contribution < 1.29 is 19.0 Å². The minimum absolute atomic E-state index is 0.0202. The van der Waals surface area contributed by atoms with Gasteiger partial charge in [-0.2, -0.15) is 0 Å². The number of fused-ring (bicyclic) bond motifs is 1. The molecule has 1 aromatic heterocycles. The van der Waals surface area contributed by atoms with Crippen molar-refractivity contribution in [1.82, 2.24) is 15.3 Å². The molecule has 1 saturated heterocycles. The normalized spacial score (nSPS) is 15.8. The first-order chi connectivity index (χ1) is 16.4. The van der Waals surface area contributed by atoms with E-state index in [0.717, 1.165) is 41.5 Å². The van der Waals surface area contributed by atoms with Gasteiger partial charge in [0.2, 0.25) is 17.6 Å². The maximum Gasteiger partial charge on any atom is 0.226 e. The van der Waals surface area contributed by atoms with E-state index in [-0.39, 0.29) is 11.8 Å². The molecule has 2 heterocycles. The summed E-state index contributed by atoms with van der Waals surface area (Å²) in [4.78, 5) is 24.7. The third-order valence-electron chi connectivity index (χ3n) is 6.30. The molecule has 0 spiro atoms. The molecule has 3 aromatic rings. The van der Waals surface area contributed by atoms with Crippen LogP contribution in [0, 0.1) is 19.8 Å². The van der Waals surface area contributed by atoms with E-state index in [1.165, 1.54) is 5.56 Å². The van der Waals surface area contributed by atoms with Gasteiger partial charge in [0.1, 0.15) is 0 Å². The van der Waals surface area contributed by atoms with Crippen molar-refractivity contribution in [3.63, 3.8) is 0 Å². The molecule has 1 fully saturated rings. The summed E-state index contributed by atoms with van der Waals surface area (Å²) in [5, 5.41) is 4.13. The van der Waals surface area contributed by atoms with E-state index in [4.69, 9.17) is 24.2 Å². The van der Waals surface area contributed by atoms with E-state index in [0.29, 0.717) is 36.3 Å². The molecule has 1 unspecified atom stereocenters. The van der Waals surface area contributed by atoms with Crippen LogP contribution in [0.25, 0.3) is 10.9 Å². The zero-order chi connectivity index (χ0) is 24.2. The van der Waals surface area contributed by atoms with Crippen LogP contribution in [0.5, 0.6) is 17.2 Å². The molecule has 0 saturated carbocycles. The van der Waals surface area contributed by atoms with E-state index in [9.17, 15) is 4.79 Å². The Bertz CT molecular complexity index is 1170. The lowest BCUT2D eigenvalue weighted by Gasteiger charge is -2.32. The Morgan fingerprint density at radius 3 is 2.47 bits per heavy atom. The summed E-state index contributed by atoms with van der Waals surface area (Å²) in [5.41, 5.74) is 3.93. The molecule has 0 radical (unpaired) electrons. The van der Waals surface area contributed by atoms with Gasteiger partial charge in [0.15, 0.2) is 11.5 Å². The molecule has 1 aliphatic heterocycles. The van der Waals surface area contributed by atoms with Gasteiger partial charge in [-0.3, -0.25) is 4.79 Å². The lowest BCUT2D eigenvalue weighted by molar-refractivity contribution is -0.125. The molecular weight excluding hydrogens is 432 g/mol. The maximum absolute atomic E-state index is 13.0. The van der Waals surface area contributed by atoms with Crippen molar-refractivity contribution in [2.75, 3.05) is 39.3 Å². The zero-order valence-electron chi connectivity index (χ0n) is 20.5. The van der Waals surface area contributed by atoms with Gasteiger partial charge in [0.25, 0.3) is 0 Å². The fourth-order valence-corrected chi connectivity index (χ4v) is 4.47. The predicted molar refractivity (Wildman–Crippen MR) is 132 cm³/mol. The molecule has 34 heavy (non-hydrogen) atoms. The van der Waals surface area contributed by atoms with Crippen LogP contribution in [-0.2, 0) is 11.3 Å². The molecule has 2 aromatic carbocycles. The van der Waals surface area contributed by atoms with Crippen LogP contribution in [-0.4, -0.2) is 50.3 Å². The van der Waals surface area contributed by atoms with E-state index < -0.39 is 0 Å². The Balaban J connectivity index is 1.46. The molecule has 1 aliphatic rings. The molecule has 8 nitrogen and oxygen atoms in total. The summed E-state index contributed by atoms with van der Waals surface area (Å²) in [5.74, 6) is 2.24. The summed E-state index contributed by atoms with van der Waals surface area (Å²) in [6.45, 7) is 5.88. The third-order valence-corrected chi connectivity index (χ3v) is 6.30. The lowest BCUT2D eigenvalue weighted by Crippen LogP contribution is -2.43. The number of anilines is 1. The minimum Gasteiger partial charge on any atom is -0.493 e. The molecule has 1 amide bonds. The van der Waals surface area contributed by atoms with Crippen molar-refractivity contribution in [2.45, 2.75) is 33.2 Å². The first-order valence-electron chi connectivity index (χ1n) is 11.5. The topological polar surface area (TPSA) is 85.8 Å². The highest BCUT2D eigenvalue weighted by Gasteiger charge is 2.27. The van der Waals surface area contributed by atoms with Gasteiger partial charge in [-0.15, -0.1) is 0 Å². The van der Waals surface area contributed by atoms with Crippen LogP contribution < -0.4 is 24.4 Å². The van der Waals surface area contributed by atoms with Gasteiger partial charge in [0.05, 0.1) is 38.5 Å². The fraction of sp³-hybridized carbons (Fsp3) is 0.423. The van der Waals surface area contributed by atoms with Crippen molar-refractivity contribution in [3.05, 3.63) is 47.2 Å². The van der Waals surface area contributed by atoms with Crippen LogP contribution >= 0.6 is 0 Å². The van der Waals surface area contributed by atoms with Gasteiger partial charge in [-0.1, -0.05) is 12.1 Å². The Labute approximate surface area is 200 Å². The van der Waals surface area contributed by atoms with E-state index in [1.807, 2.05) is 19.1 Å². The average molecular weight is 465 g/mol. The number of carbonyl (C=O) groups excluding carboxylic acids is 1. The van der Waals surface area contributed by atoms with E-state index >= 15 is 0 Å². The number of rotatable bonds is 7. The second kappa shape index (κ2) is 10.2. The fourth-order valence-electron chi connectivity index (χ4n) is 4.47. The predicted octanol–water partition coefficient (Wildman–Crippen LogP) is 3.81. The summed E-state index contributed by atoms with van der Waals surface area (Å²) in [7, 11) is 4.72. The van der Waals surface area contributed by atoms with Crippen molar-refractivity contribution in [2.24, 2.45) is 5.92 Å². The SMILES string of the molecule is COc1cc(CNC(=O)C2CCCN(c3nc(C)c4ccc(C)cc4n3)C2)cc(OC)c1OC. The summed E-state index contributed by atoms with van der Waals surface area (Å²) in [6.07, 6.45) is 1.75. The van der Waals surface area contributed by atoms with E-state index in [1.54, 1.807) is 21.3 Å². The van der Waals surface area contributed by atoms with Gasteiger partial charge in [0, 0.05) is 25.0 Å². The number of hydrogen-bond donors (Lipinski definition) is 1. The van der Waals surface area contributed by atoms with Crippen molar-refractivity contribution >= 4 is 22.8 Å². The number of aromatic nitrogens is 2. The first kappa shape index (κ1) is 23.6. The summed E-state index contributed by atoms with van der Waals surface area (Å²) < 4.78 is 16.2. The van der Waals surface area contributed by atoms with Gasteiger partial charge < -0.3 is 24.4 Å². The standard InChI is InChI=1S/C26H32N4O4/c1-16-8-9-20-17(2)28-26(29-21(20)11-16)30-10-6-7-19(15-30)25(31)27-14-18-12-22(32-3)24(34-5)23(13-18)33-4/h8-9,11-13,19H,6-7,10,14-15H2,1-5H3,(H,27,31). The Morgan fingerprint density at radius 1 is 1.06 bits per heavy atom. The Morgan fingerprint density at radius 2 is 1.79 bits per heavy atom. The average Bonchev–Trinajstić information content (AvgIpc) is 2.86. The quantitative estimate of drug-likeness (QED) is 0.569.